The summed E-state index contributed by atoms with van der Waals surface area (Å²) >= 11 is 7.14. The van der Waals surface area contributed by atoms with Crippen molar-refractivity contribution in [2.45, 2.75) is 35.5 Å². The zero-order chi connectivity index (χ0) is 11.9. The number of esters is 1. The Bertz CT molecular complexity index is 224. The first-order valence-corrected chi connectivity index (χ1v) is 7.62. The van der Waals surface area contributed by atoms with Crippen LogP contribution < -0.4 is 0 Å². The van der Waals surface area contributed by atoms with E-state index in [0.717, 1.165) is 35.9 Å². The van der Waals surface area contributed by atoms with Crippen molar-refractivity contribution in [2.75, 3.05) is 6.61 Å². The Morgan fingerprint density at radius 2 is 2.00 bits per heavy atom. The van der Waals surface area contributed by atoms with Crippen molar-refractivity contribution in [1.82, 2.24) is 0 Å². The van der Waals surface area contributed by atoms with Gasteiger partial charge in [-0.25, -0.2) is 4.79 Å². The van der Waals surface area contributed by atoms with Crippen LogP contribution >= 0.6 is 31.9 Å². The fraction of sp³-hybridized carbons (Fsp3) is 0.700. The van der Waals surface area contributed by atoms with Gasteiger partial charge in [-0.2, -0.15) is 0 Å². The number of carbonyl (C=O) groups is 1. The van der Waals surface area contributed by atoms with Crippen molar-refractivity contribution >= 4 is 48.1 Å². The monoisotopic (exact) mass is 356 g/mol. The maximum Gasteiger partial charge on any atom is 0.333 e. The number of hydrogen-bond donors (Lipinski definition) is 0. The van der Waals surface area contributed by atoms with Gasteiger partial charge >= 0.3 is 5.97 Å². The van der Waals surface area contributed by atoms with Crippen LogP contribution in [0.25, 0.3) is 0 Å². The van der Waals surface area contributed by atoms with Crippen LogP contribution in [0.1, 0.15) is 32.6 Å². The van der Waals surface area contributed by atoms with Gasteiger partial charge < -0.3 is 4.74 Å². The lowest BCUT2D eigenvalue weighted by molar-refractivity contribution is -0.139. The minimum atomic E-state index is -0.284. The van der Waals surface area contributed by atoms with Gasteiger partial charge in [-0.1, -0.05) is 44.9 Å². The molecule has 0 fully saturated rings. The van der Waals surface area contributed by atoms with Crippen molar-refractivity contribution in [3.63, 3.8) is 0 Å². The zero-order valence-corrected chi connectivity index (χ0v) is 14.5. The van der Waals surface area contributed by atoms with E-state index < -0.39 is 0 Å². The Labute approximate surface area is 112 Å². The minimum Gasteiger partial charge on any atom is -0.462 e. The van der Waals surface area contributed by atoms with Gasteiger partial charge in [0, 0.05) is 15.8 Å². The number of carbonyl (C=O) groups excluding carboxylic acids is 1. The third-order valence-electron chi connectivity index (χ3n) is 1.84. The molecule has 0 saturated heterocycles. The second kappa shape index (κ2) is 7.63. The molecule has 0 aliphatic rings. The molecular formula is C10H18Br2O2Si. The molecule has 0 aromatic rings. The Hall–Kier alpha value is 0.387. The lowest BCUT2D eigenvalue weighted by Crippen LogP contribution is -2.10. The van der Waals surface area contributed by atoms with Crippen molar-refractivity contribution in [3.05, 3.63) is 12.2 Å². The largest absolute Gasteiger partial charge is 0.462 e. The van der Waals surface area contributed by atoms with E-state index in [1.54, 1.807) is 6.92 Å². The van der Waals surface area contributed by atoms with Crippen LogP contribution in [0.15, 0.2) is 12.2 Å². The molecule has 0 N–H and O–H groups in total. The van der Waals surface area contributed by atoms with Crippen molar-refractivity contribution in [3.8, 4) is 0 Å². The molecule has 0 aliphatic heterocycles. The smallest absolute Gasteiger partial charge is 0.333 e. The highest BCUT2D eigenvalue weighted by Crippen LogP contribution is 2.27. The average Bonchev–Trinajstić information content (AvgIpc) is 2.08. The first-order chi connectivity index (χ1) is 6.83. The normalized spacial score (nSPS) is 11.4. The first kappa shape index (κ1) is 15.4. The van der Waals surface area contributed by atoms with E-state index in [-0.39, 0.29) is 8.83 Å². The first-order valence-electron chi connectivity index (χ1n) is 5.03. The molecule has 0 rings (SSSR count). The molecule has 0 unspecified atom stereocenters. The third-order valence-corrected chi connectivity index (χ3v) is 3.13. The molecule has 0 bridgehead atoms. The lowest BCUT2D eigenvalue weighted by atomic mass is 10.2. The summed E-state index contributed by atoms with van der Waals surface area (Å²) in [4.78, 5) is 11.0. The number of unbranched alkanes of at least 4 members (excludes halogenated alkanes) is 2. The maximum atomic E-state index is 11.0. The van der Waals surface area contributed by atoms with Crippen LogP contribution in [0, 0.1) is 0 Å². The van der Waals surface area contributed by atoms with Gasteiger partial charge in [0.25, 0.3) is 0 Å². The predicted octanol–water partition coefficient (Wildman–Crippen LogP) is 2.48. The fourth-order valence-electron chi connectivity index (χ4n) is 1.00. The van der Waals surface area contributed by atoms with Gasteiger partial charge in [0.1, 0.15) is 0 Å². The van der Waals surface area contributed by atoms with Crippen LogP contribution in [-0.4, -0.2) is 25.7 Å². The average molecular weight is 358 g/mol. The van der Waals surface area contributed by atoms with E-state index >= 15 is 0 Å². The van der Waals surface area contributed by atoms with E-state index in [1.165, 1.54) is 0 Å². The summed E-state index contributed by atoms with van der Waals surface area (Å²) in [5.74, 6) is -0.284. The second-order valence-electron chi connectivity index (χ2n) is 3.80. The summed E-state index contributed by atoms with van der Waals surface area (Å²) in [6.45, 7) is 5.69. The molecule has 0 radical (unpaired) electrons. The minimum absolute atomic E-state index is 0.175. The summed E-state index contributed by atoms with van der Waals surface area (Å²) in [5, 5.41) is 0. The maximum absolute atomic E-state index is 11.0. The van der Waals surface area contributed by atoms with Crippen LogP contribution in [0.3, 0.4) is 0 Å². The number of halogens is 2. The highest BCUT2D eigenvalue weighted by molar-refractivity contribution is 9.26. The highest BCUT2D eigenvalue weighted by Gasteiger charge is 2.13. The standard InChI is InChI=1S/C10H18Br2O2Si/c1-8(2)9(13)14-7-5-3-4-6-10(11,12)15/h1,3-7H2,2,15H3. The molecule has 15 heavy (non-hydrogen) atoms. The van der Waals surface area contributed by atoms with Gasteiger partial charge in [0.15, 0.2) is 0 Å². The molecule has 0 aromatic carbocycles. The summed E-state index contributed by atoms with van der Waals surface area (Å²) in [6, 6.07) is 0. The van der Waals surface area contributed by atoms with Crippen molar-refractivity contribution in [1.29, 1.82) is 0 Å². The molecule has 0 amide bonds. The van der Waals surface area contributed by atoms with E-state index in [0.29, 0.717) is 12.2 Å². The lowest BCUT2D eigenvalue weighted by Gasteiger charge is -2.13. The molecule has 0 atom stereocenters. The third kappa shape index (κ3) is 10.7. The fourth-order valence-corrected chi connectivity index (χ4v) is 1.92. The Kier molecular flexibility index (Phi) is 7.82. The van der Waals surface area contributed by atoms with E-state index in [1.807, 2.05) is 0 Å². The van der Waals surface area contributed by atoms with Crippen LogP contribution in [-0.2, 0) is 9.53 Å². The van der Waals surface area contributed by atoms with Crippen LogP contribution in [0.4, 0.5) is 0 Å². The summed E-state index contributed by atoms with van der Waals surface area (Å²) in [6.07, 6.45) is 4.28. The van der Waals surface area contributed by atoms with E-state index in [4.69, 9.17) is 4.74 Å². The predicted molar refractivity (Wildman–Crippen MR) is 74.8 cm³/mol. The Morgan fingerprint density at radius 3 is 2.47 bits per heavy atom. The Morgan fingerprint density at radius 1 is 1.40 bits per heavy atom. The molecule has 0 aliphatic carbocycles. The van der Waals surface area contributed by atoms with E-state index in [9.17, 15) is 4.79 Å². The summed E-state index contributed by atoms with van der Waals surface area (Å²) in [5.41, 5.74) is 0.467. The molecule has 0 heterocycles. The topological polar surface area (TPSA) is 26.3 Å². The SMILES string of the molecule is C=C(C)C(=O)OCCCCCC([SiH3])(Br)Br. The van der Waals surface area contributed by atoms with Crippen LogP contribution in [0.5, 0.6) is 0 Å². The summed E-state index contributed by atoms with van der Waals surface area (Å²) in [7, 11) is 1.08. The highest BCUT2D eigenvalue weighted by atomic mass is 79.9. The van der Waals surface area contributed by atoms with Gasteiger partial charge in [-0.05, 0) is 26.2 Å². The van der Waals surface area contributed by atoms with Gasteiger partial charge in [0.2, 0.25) is 0 Å². The van der Waals surface area contributed by atoms with Crippen LogP contribution in [0.2, 0.25) is 0 Å². The number of rotatable bonds is 7. The van der Waals surface area contributed by atoms with E-state index in [2.05, 4.69) is 38.4 Å². The molecule has 88 valence electrons. The molecule has 0 saturated carbocycles. The van der Waals surface area contributed by atoms with Crippen molar-refractivity contribution < 1.29 is 9.53 Å². The van der Waals surface area contributed by atoms with Gasteiger partial charge in [0.05, 0.1) is 9.46 Å². The molecule has 0 aromatic heterocycles. The molecular weight excluding hydrogens is 340 g/mol. The Balaban J connectivity index is 3.33. The zero-order valence-electron chi connectivity index (χ0n) is 9.32. The number of alkyl halides is 2. The summed E-state index contributed by atoms with van der Waals surface area (Å²) < 4.78 is 5.16. The molecule has 5 heteroatoms. The molecule has 2 nitrogen and oxygen atoms in total. The van der Waals surface area contributed by atoms with Crippen molar-refractivity contribution in [2.24, 2.45) is 0 Å². The molecule has 0 spiro atoms. The van der Waals surface area contributed by atoms with Gasteiger partial charge in [-0.15, -0.1) is 0 Å². The quantitative estimate of drug-likeness (QED) is 0.230. The second-order valence-corrected chi connectivity index (χ2v) is 13.0. The number of ether oxygens (including phenoxy) is 1. The number of hydrogen-bond acceptors (Lipinski definition) is 2. The van der Waals surface area contributed by atoms with Gasteiger partial charge in [-0.3, -0.25) is 0 Å².